The van der Waals surface area contributed by atoms with E-state index in [0.717, 1.165) is 38.5 Å². The van der Waals surface area contributed by atoms with Gasteiger partial charge in [-0.1, -0.05) is 167 Å². The Hall–Kier alpha value is -1.18. The fourth-order valence-electron chi connectivity index (χ4n) is 5.41. The van der Waals surface area contributed by atoms with Gasteiger partial charge in [0.15, 0.2) is 0 Å². The molecule has 3 N–H and O–H groups in total. The summed E-state index contributed by atoms with van der Waals surface area (Å²) < 4.78 is 32.3. The van der Waals surface area contributed by atoms with Crippen molar-refractivity contribution in [3.8, 4) is 0 Å². The zero-order valence-electron chi connectivity index (χ0n) is 28.1. The van der Waals surface area contributed by atoms with Gasteiger partial charge < -0.3 is 10.4 Å². The van der Waals surface area contributed by atoms with Gasteiger partial charge >= 0.3 is 0 Å². The highest BCUT2D eigenvalue weighted by Crippen LogP contribution is 2.14. The zero-order valence-corrected chi connectivity index (χ0v) is 28.9. The van der Waals surface area contributed by atoms with Crippen LogP contribution in [0.5, 0.6) is 0 Å². The molecular weight excluding hydrogens is 558 g/mol. The Morgan fingerprint density at radius 3 is 1.47 bits per heavy atom. The molecule has 2 unspecified atom stereocenters. The minimum absolute atomic E-state index is 0.290. The molecule has 0 bridgehead atoms. The maximum absolute atomic E-state index is 12.4. The fourth-order valence-corrected chi connectivity index (χ4v) is 6.14. The Morgan fingerprint density at radius 1 is 0.605 bits per heavy atom. The molecule has 254 valence electrons. The third-order valence-electron chi connectivity index (χ3n) is 8.13. The molecule has 0 aromatic carbocycles. The number of aliphatic hydroxyl groups excluding tert-OH is 1. The van der Waals surface area contributed by atoms with E-state index in [0.29, 0.717) is 6.42 Å². The Balaban J connectivity index is 4.01. The van der Waals surface area contributed by atoms with Crippen LogP contribution < -0.4 is 5.32 Å². The normalized spacial score (nSPS) is 13.7. The van der Waals surface area contributed by atoms with Crippen molar-refractivity contribution < 1.29 is 22.9 Å². The summed E-state index contributed by atoms with van der Waals surface area (Å²) in [6, 6.07) is -1.07. The molecule has 2 atom stereocenters. The topological polar surface area (TPSA) is 104 Å². The summed E-state index contributed by atoms with van der Waals surface area (Å²) in [5.74, 6) is -0.997. The SMILES string of the molecule is CCCCCCCCCCCCCC/C=C/CC/C=C/C(O)C(CS(=O)(=O)O)NC(=O)CCCCCCCCCCCC. The monoisotopic (exact) mass is 627 g/mol. The summed E-state index contributed by atoms with van der Waals surface area (Å²) in [5.41, 5.74) is 0. The van der Waals surface area contributed by atoms with Crippen LogP contribution in [0.1, 0.15) is 181 Å². The number of hydrogen-bond acceptors (Lipinski definition) is 4. The fraction of sp³-hybridized carbons (Fsp3) is 0.861. The molecule has 0 radical (unpaired) electrons. The molecular formula is C36H69NO5S. The van der Waals surface area contributed by atoms with E-state index in [1.807, 2.05) is 6.08 Å². The molecule has 0 fully saturated rings. The van der Waals surface area contributed by atoms with Gasteiger partial charge in [0.05, 0.1) is 17.9 Å². The summed E-state index contributed by atoms with van der Waals surface area (Å²) in [5, 5.41) is 13.1. The van der Waals surface area contributed by atoms with Gasteiger partial charge in [-0.15, -0.1) is 0 Å². The lowest BCUT2D eigenvalue weighted by Gasteiger charge is -2.21. The van der Waals surface area contributed by atoms with Crippen LogP contribution in [0.2, 0.25) is 0 Å². The van der Waals surface area contributed by atoms with Crippen LogP contribution in [0.25, 0.3) is 0 Å². The van der Waals surface area contributed by atoms with E-state index in [1.165, 1.54) is 128 Å². The summed E-state index contributed by atoms with van der Waals surface area (Å²) in [4.78, 5) is 12.4. The Bertz CT molecular complexity index is 781. The summed E-state index contributed by atoms with van der Waals surface area (Å²) in [6.07, 6.45) is 37.4. The van der Waals surface area contributed by atoms with Crippen LogP contribution in [0.4, 0.5) is 0 Å². The minimum atomic E-state index is -4.34. The van der Waals surface area contributed by atoms with Crippen LogP contribution in [0.3, 0.4) is 0 Å². The summed E-state index contributed by atoms with van der Waals surface area (Å²) in [7, 11) is -4.34. The molecule has 0 spiro atoms. The quantitative estimate of drug-likeness (QED) is 0.0391. The lowest BCUT2D eigenvalue weighted by atomic mass is 10.0. The van der Waals surface area contributed by atoms with Crippen molar-refractivity contribution in [2.75, 3.05) is 5.75 Å². The molecule has 0 saturated carbocycles. The molecule has 43 heavy (non-hydrogen) atoms. The van der Waals surface area contributed by atoms with Gasteiger partial charge in [0.1, 0.15) is 0 Å². The van der Waals surface area contributed by atoms with Crippen molar-refractivity contribution in [2.24, 2.45) is 0 Å². The average molecular weight is 628 g/mol. The van der Waals surface area contributed by atoms with Crippen molar-refractivity contribution in [1.29, 1.82) is 0 Å². The van der Waals surface area contributed by atoms with Gasteiger partial charge in [-0.2, -0.15) is 8.42 Å². The second-order valence-electron chi connectivity index (χ2n) is 12.5. The predicted molar refractivity (Wildman–Crippen MR) is 184 cm³/mol. The maximum Gasteiger partial charge on any atom is 0.267 e. The highest BCUT2D eigenvalue weighted by Gasteiger charge is 2.24. The van der Waals surface area contributed by atoms with Gasteiger partial charge in [0.2, 0.25) is 5.91 Å². The standard InChI is InChI=1S/C36H69NO5S/c1-3-5-7-9-11-13-15-16-17-18-19-20-21-22-23-25-27-29-31-35(38)34(33-43(40,41)42)37-36(39)32-30-28-26-24-14-12-10-8-6-4-2/h22-23,29,31,34-35,38H,3-21,24-28,30,32-33H2,1-2H3,(H,37,39)(H,40,41,42)/b23-22+,31-29+. The maximum atomic E-state index is 12.4. The highest BCUT2D eigenvalue weighted by atomic mass is 32.2. The van der Waals surface area contributed by atoms with Crippen molar-refractivity contribution in [3.63, 3.8) is 0 Å². The second-order valence-corrected chi connectivity index (χ2v) is 14.0. The van der Waals surface area contributed by atoms with Crippen molar-refractivity contribution >= 4 is 16.0 Å². The van der Waals surface area contributed by atoms with Crippen molar-refractivity contribution in [3.05, 3.63) is 24.3 Å². The molecule has 0 aliphatic rings. The van der Waals surface area contributed by atoms with Crippen LogP contribution in [0.15, 0.2) is 24.3 Å². The van der Waals surface area contributed by atoms with Gasteiger partial charge in [-0.05, 0) is 32.1 Å². The lowest BCUT2D eigenvalue weighted by molar-refractivity contribution is -0.122. The zero-order chi connectivity index (χ0) is 31.9. The number of amides is 1. The first-order valence-corrected chi connectivity index (χ1v) is 19.6. The summed E-state index contributed by atoms with van der Waals surface area (Å²) >= 11 is 0. The average Bonchev–Trinajstić information content (AvgIpc) is 2.96. The number of carbonyl (C=O) groups excluding carboxylic acids is 1. The molecule has 0 aromatic heterocycles. The van der Waals surface area contributed by atoms with Gasteiger partial charge in [0.25, 0.3) is 10.1 Å². The molecule has 0 aromatic rings. The second kappa shape index (κ2) is 30.8. The van der Waals surface area contributed by atoms with E-state index in [2.05, 4.69) is 31.3 Å². The minimum Gasteiger partial charge on any atom is -0.387 e. The third-order valence-corrected chi connectivity index (χ3v) is 8.91. The first kappa shape index (κ1) is 41.8. The van der Waals surface area contributed by atoms with Crippen LogP contribution in [-0.4, -0.2) is 41.9 Å². The van der Waals surface area contributed by atoms with Crippen molar-refractivity contribution in [2.45, 2.75) is 193 Å². The molecule has 6 nitrogen and oxygen atoms in total. The number of carbonyl (C=O) groups is 1. The predicted octanol–water partition coefficient (Wildman–Crippen LogP) is 10.0. The number of aliphatic hydroxyl groups is 1. The van der Waals surface area contributed by atoms with E-state index in [1.54, 1.807) is 0 Å². The molecule has 0 aliphatic carbocycles. The third kappa shape index (κ3) is 32.0. The first-order valence-electron chi connectivity index (χ1n) is 18.0. The first-order chi connectivity index (χ1) is 20.8. The number of hydrogen-bond donors (Lipinski definition) is 3. The molecule has 7 heteroatoms. The van der Waals surface area contributed by atoms with Crippen LogP contribution in [0, 0.1) is 0 Å². The Kier molecular flexibility index (Phi) is 30.0. The highest BCUT2D eigenvalue weighted by molar-refractivity contribution is 7.85. The number of allylic oxidation sites excluding steroid dienone is 3. The van der Waals surface area contributed by atoms with Gasteiger partial charge in [0, 0.05) is 6.42 Å². The van der Waals surface area contributed by atoms with E-state index in [-0.39, 0.29) is 5.91 Å². The smallest absolute Gasteiger partial charge is 0.267 e. The van der Waals surface area contributed by atoms with E-state index in [9.17, 15) is 22.9 Å². The molecule has 1 amide bonds. The van der Waals surface area contributed by atoms with Gasteiger partial charge in [-0.25, -0.2) is 0 Å². The van der Waals surface area contributed by atoms with Crippen LogP contribution in [-0.2, 0) is 14.9 Å². The van der Waals surface area contributed by atoms with E-state index < -0.39 is 28.0 Å². The lowest BCUT2D eigenvalue weighted by Crippen LogP contribution is -2.46. The van der Waals surface area contributed by atoms with E-state index in [4.69, 9.17) is 0 Å². The van der Waals surface area contributed by atoms with Crippen LogP contribution >= 0.6 is 0 Å². The number of rotatable bonds is 32. The molecule has 0 saturated heterocycles. The number of nitrogens with one attached hydrogen (secondary N) is 1. The Labute approximate surface area is 266 Å². The van der Waals surface area contributed by atoms with Gasteiger partial charge in [-0.3, -0.25) is 9.35 Å². The number of unbranched alkanes of at least 4 members (excludes halogenated alkanes) is 22. The van der Waals surface area contributed by atoms with Crippen molar-refractivity contribution in [1.82, 2.24) is 5.32 Å². The van der Waals surface area contributed by atoms with E-state index >= 15 is 0 Å². The Morgan fingerprint density at radius 2 is 1.00 bits per heavy atom. The largest absolute Gasteiger partial charge is 0.387 e. The summed E-state index contributed by atoms with van der Waals surface area (Å²) in [6.45, 7) is 4.49. The molecule has 0 rings (SSSR count). The molecule has 0 heterocycles. The molecule has 0 aliphatic heterocycles.